The summed E-state index contributed by atoms with van der Waals surface area (Å²) in [5.41, 5.74) is 0. The Kier molecular flexibility index (Phi) is 12.1. The zero-order valence-corrected chi connectivity index (χ0v) is 15.8. The van der Waals surface area contributed by atoms with Crippen LogP contribution in [0.25, 0.3) is 4.85 Å². The first-order chi connectivity index (χ1) is 11.8. The number of unbranched alkanes of at least 4 members (excludes halogenated alkanes) is 5. The summed E-state index contributed by atoms with van der Waals surface area (Å²) in [5.74, 6) is -1.50. The fourth-order valence-corrected chi connectivity index (χ4v) is 2.04. The molecule has 0 bridgehead atoms. The van der Waals surface area contributed by atoms with Gasteiger partial charge >= 0.3 is 11.9 Å². The number of nitrogens with one attached hydrogen (secondary N) is 2. The highest BCUT2D eigenvalue weighted by Gasteiger charge is 2.25. The molecule has 2 N–H and O–H groups in total. The lowest BCUT2D eigenvalue weighted by Crippen LogP contribution is -2.51. The largest absolute Gasteiger partial charge is 0.464 e. The number of amides is 2. The molecule has 142 valence electrons. The van der Waals surface area contributed by atoms with Gasteiger partial charge in [0.15, 0.2) is 0 Å². The van der Waals surface area contributed by atoms with Crippen molar-refractivity contribution in [3.63, 3.8) is 0 Å². The van der Waals surface area contributed by atoms with Gasteiger partial charge in [-0.3, -0.25) is 9.59 Å². The summed E-state index contributed by atoms with van der Waals surface area (Å²) in [6, 6.07) is -2.47. The third-order valence-electron chi connectivity index (χ3n) is 3.78. The van der Waals surface area contributed by atoms with Crippen molar-refractivity contribution in [1.82, 2.24) is 10.6 Å². The van der Waals surface area contributed by atoms with Crippen LogP contribution in [0.15, 0.2) is 0 Å². The Morgan fingerprint density at radius 1 is 0.920 bits per heavy atom. The number of ether oxygens (including phenoxy) is 1. The van der Waals surface area contributed by atoms with Gasteiger partial charge in [0, 0.05) is 6.92 Å². The van der Waals surface area contributed by atoms with Gasteiger partial charge in [0.05, 0.1) is 6.61 Å². The standard InChI is InChI=1S/C18H31N3O4/c1-6-7-8-9-10-11-12-25-18(24)15(4)21-17(23)14(3)20-16(22)13(2)19-5/h13-15H,6-12H2,1-4H3,(H,20,22)(H,21,23)/t13-,14+,15-/m0/s1. The molecule has 0 saturated heterocycles. The SMILES string of the molecule is [C-]#[N+][C@@H](C)C(=O)N[C@H](C)C(=O)N[C@@H](C)C(=O)OCCCCCCCC. The lowest BCUT2D eigenvalue weighted by atomic mass is 10.1. The van der Waals surface area contributed by atoms with Crippen LogP contribution in [0, 0.1) is 6.57 Å². The van der Waals surface area contributed by atoms with Crippen LogP contribution in [0.1, 0.15) is 66.2 Å². The van der Waals surface area contributed by atoms with Crippen molar-refractivity contribution >= 4 is 17.8 Å². The predicted octanol–water partition coefficient (Wildman–Crippen LogP) is 2.21. The molecule has 0 rings (SSSR count). The Morgan fingerprint density at radius 3 is 2.08 bits per heavy atom. The molecule has 0 heterocycles. The van der Waals surface area contributed by atoms with Crippen LogP contribution < -0.4 is 10.6 Å². The Balaban J connectivity index is 4.03. The van der Waals surface area contributed by atoms with Crippen molar-refractivity contribution < 1.29 is 19.1 Å². The first-order valence-corrected chi connectivity index (χ1v) is 8.97. The molecule has 0 fully saturated rings. The second-order valence-corrected chi connectivity index (χ2v) is 6.20. The fraction of sp³-hybridized carbons (Fsp3) is 0.778. The van der Waals surface area contributed by atoms with E-state index in [2.05, 4.69) is 22.4 Å². The maximum Gasteiger partial charge on any atom is 0.328 e. The van der Waals surface area contributed by atoms with Crippen molar-refractivity contribution in [1.29, 1.82) is 0 Å². The van der Waals surface area contributed by atoms with Gasteiger partial charge < -0.3 is 20.2 Å². The van der Waals surface area contributed by atoms with Gasteiger partial charge in [0.1, 0.15) is 12.1 Å². The summed E-state index contributed by atoms with van der Waals surface area (Å²) in [5, 5.41) is 4.94. The number of esters is 1. The van der Waals surface area contributed by atoms with E-state index in [1.807, 2.05) is 0 Å². The highest BCUT2D eigenvalue weighted by Crippen LogP contribution is 2.05. The minimum atomic E-state index is -0.852. The van der Waals surface area contributed by atoms with Crippen LogP contribution in [0.5, 0.6) is 0 Å². The van der Waals surface area contributed by atoms with Crippen LogP contribution in [0.2, 0.25) is 0 Å². The summed E-state index contributed by atoms with van der Waals surface area (Å²) < 4.78 is 5.15. The molecular weight excluding hydrogens is 322 g/mol. The third-order valence-corrected chi connectivity index (χ3v) is 3.78. The van der Waals surface area contributed by atoms with Crippen LogP contribution in [-0.2, 0) is 19.1 Å². The second-order valence-electron chi connectivity index (χ2n) is 6.20. The normalized spacial score (nSPS) is 13.9. The number of carbonyl (C=O) groups excluding carboxylic acids is 3. The monoisotopic (exact) mass is 353 g/mol. The highest BCUT2D eigenvalue weighted by atomic mass is 16.5. The van der Waals surface area contributed by atoms with Gasteiger partial charge in [-0.2, -0.15) is 0 Å². The van der Waals surface area contributed by atoms with Crippen LogP contribution in [0.4, 0.5) is 0 Å². The van der Waals surface area contributed by atoms with E-state index in [1.165, 1.54) is 40.0 Å². The van der Waals surface area contributed by atoms with E-state index in [4.69, 9.17) is 11.3 Å². The van der Waals surface area contributed by atoms with Crippen LogP contribution in [-0.4, -0.2) is 42.5 Å². The molecule has 3 atom stereocenters. The second kappa shape index (κ2) is 13.2. The summed E-state index contributed by atoms with van der Waals surface area (Å²) in [4.78, 5) is 38.5. The van der Waals surface area contributed by atoms with Gasteiger partial charge in [-0.05, 0) is 20.3 Å². The lowest BCUT2D eigenvalue weighted by molar-refractivity contribution is -0.147. The molecule has 0 aromatic heterocycles. The number of rotatable bonds is 12. The molecule has 0 aliphatic carbocycles. The van der Waals surface area contributed by atoms with Crippen molar-refractivity contribution in [3.8, 4) is 0 Å². The molecule has 25 heavy (non-hydrogen) atoms. The highest BCUT2D eigenvalue weighted by molar-refractivity contribution is 5.92. The van der Waals surface area contributed by atoms with Gasteiger partial charge in [0.25, 0.3) is 6.04 Å². The molecule has 0 unspecified atom stereocenters. The summed E-state index contributed by atoms with van der Waals surface area (Å²) in [6.45, 7) is 13.8. The Bertz CT molecular complexity index is 473. The van der Waals surface area contributed by atoms with E-state index in [0.717, 1.165) is 19.3 Å². The first-order valence-electron chi connectivity index (χ1n) is 8.97. The molecule has 7 heteroatoms. The summed E-state index contributed by atoms with van der Waals surface area (Å²) >= 11 is 0. The van der Waals surface area contributed by atoms with E-state index < -0.39 is 35.9 Å². The summed E-state index contributed by atoms with van der Waals surface area (Å²) in [6.07, 6.45) is 6.60. The van der Waals surface area contributed by atoms with E-state index in [-0.39, 0.29) is 0 Å². The topological polar surface area (TPSA) is 88.9 Å². The van der Waals surface area contributed by atoms with Crippen molar-refractivity contribution in [2.24, 2.45) is 0 Å². The van der Waals surface area contributed by atoms with Crippen LogP contribution >= 0.6 is 0 Å². The van der Waals surface area contributed by atoms with Crippen LogP contribution in [0.3, 0.4) is 0 Å². The molecular formula is C18H31N3O4. The minimum Gasteiger partial charge on any atom is -0.464 e. The number of hydrogen-bond donors (Lipinski definition) is 2. The average molecular weight is 353 g/mol. The van der Waals surface area contributed by atoms with E-state index in [9.17, 15) is 14.4 Å². The average Bonchev–Trinajstić information content (AvgIpc) is 2.59. The zero-order chi connectivity index (χ0) is 19.2. The molecule has 0 spiro atoms. The fourth-order valence-electron chi connectivity index (χ4n) is 2.04. The molecule has 0 aliphatic rings. The maximum atomic E-state index is 12.0. The third kappa shape index (κ3) is 10.4. The predicted molar refractivity (Wildman–Crippen MR) is 95.6 cm³/mol. The Labute approximate surface area is 150 Å². The van der Waals surface area contributed by atoms with Crippen molar-refractivity contribution in [2.75, 3.05) is 6.61 Å². The van der Waals surface area contributed by atoms with Gasteiger partial charge in [-0.1, -0.05) is 39.0 Å². The van der Waals surface area contributed by atoms with E-state index in [0.29, 0.717) is 6.61 Å². The number of carbonyl (C=O) groups is 3. The van der Waals surface area contributed by atoms with Gasteiger partial charge in [-0.25, -0.2) is 11.4 Å². The van der Waals surface area contributed by atoms with E-state index in [1.54, 1.807) is 0 Å². The van der Waals surface area contributed by atoms with E-state index >= 15 is 0 Å². The molecule has 2 amide bonds. The minimum absolute atomic E-state index is 0.347. The number of hydrogen-bond acceptors (Lipinski definition) is 4. The lowest BCUT2D eigenvalue weighted by Gasteiger charge is -2.17. The maximum absolute atomic E-state index is 12.0. The van der Waals surface area contributed by atoms with Gasteiger partial charge in [-0.15, -0.1) is 0 Å². The molecule has 0 aromatic rings. The van der Waals surface area contributed by atoms with Gasteiger partial charge in [0.2, 0.25) is 5.91 Å². The van der Waals surface area contributed by atoms with Crippen molar-refractivity contribution in [2.45, 2.75) is 84.3 Å². The zero-order valence-electron chi connectivity index (χ0n) is 15.8. The molecule has 0 saturated carbocycles. The Hall–Kier alpha value is -2.10. The molecule has 0 aromatic carbocycles. The quantitative estimate of drug-likeness (QED) is 0.320. The first kappa shape index (κ1) is 22.9. The molecule has 7 nitrogen and oxygen atoms in total. The Morgan fingerprint density at radius 2 is 1.48 bits per heavy atom. The molecule has 0 radical (unpaired) electrons. The number of nitrogens with zero attached hydrogens (tertiary/aromatic N) is 1. The smallest absolute Gasteiger partial charge is 0.328 e. The molecule has 0 aliphatic heterocycles. The summed E-state index contributed by atoms with van der Waals surface area (Å²) in [7, 11) is 0. The van der Waals surface area contributed by atoms with Crippen molar-refractivity contribution in [3.05, 3.63) is 11.4 Å².